The van der Waals surface area contributed by atoms with Crippen LogP contribution in [0.25, 0.3) is 113 Å². The predicted molar refractivity (Wildman–Crippen MR) is 358 cm³/mol. The molecule has 0 bridgehead atoms. The molecule has 0 aliphatic rings. The predicted octanol–water partition coefficient (Wildman–Crippen LogP) is 20.3. The zero-order valence-electron chi connectivity index (χ0n) is 49.9. The Morgan fingerprint density at radius 2 is 0.402 bits per heavy atom. The van der Waals surface area contributed by atoms with Crippen LogP contribution in [0.5, 0.6) is 0 Å². The van der Waals surface area contributed by atoms with E-state index in [1.807, 2.05) is 121 Å². The van der Waals surface area contributed by atoms with Crippen molar-refractivity contribution in [2.24, 2.45) is 0 Å². The first kappa shape index (κ1) is 58.1. The number of hydrogen-bond acceptors (Lipinski definition) is 8. The van der Waals surface area contributed by atoms with E-state index in [1.165, 1.54) is 5.56 Å². The van der Waals surface area contributed by atoms with Gasteiger partial charge in [0, 0.05) is 67.5 Å². The molecular weight excluding hydrogens is 1060 g/mol. The summed E-state index contributed by atoms with van der Waals surface area (Å²) < 4.78 is 0. The van der Waals surface area contributed by atoms with E-state index >= 15 is 0 Å². The van der Waals surface area contributed by atoms with Crippen LogP contribution in [0.2, 0.25) is 0 Å². The Bertz CT molecular complexity index is 3810. The molecule has 13 aromatic rings. The molecule has 0 unspecified atom stereocenters. The highest BCUT2D eigenvalue weighted by molar-refractivity contribution is 5.80. The lowest BCUT2D eigenvalue weighted by Crippen LogP contribution is -2.04. The number of pyridine rings is 3. The minimum atomic E-state index is 0.262. The number of hydrogen-bond donors (Lipinski definition) is 0. The highest BCUT2D eigenvalue weighted by Crippen LogP contribution is 2.36. The molecule has 0 aliphatic carbocycles. The largest absolute Gasteiger partial charge is 0.248 e. The lowest BCUT2D eigenvalue weighted by Gasteiger charge is -2.15. The lowest BCUT2D eigenvalue weighted by molar-refractivity contribution is 0.766. The summed E-state index contributed by atoms with van der Waals surface area (Å²) in [5.74, 6) is 4.05. The van der Waals surface area contributed by atoms with Crippen molar-refractivity contribution in [1.82, 2.24) is 39.9 Å². The molecule has 424 valence electrons. The minimum Gasteiger partial charge on any atom is -0.248 e. The van der Waals surface area contributed by atoms with E-state index < -0.39 is 0 Å². The quantitative estimate of drug-likeness (QED) is 0.112. The van der Waals surface area contributed by atoms with Gasteiger partial charge in [0.2, 0.25) is 0 Å². The van der Waals surface area contributed by atoms with Crippen molar-refractivity contribution in [3.05, 3.63) is 302 Å². The normalized spacial score (nSPS) is 11.0. The molecule has 0 saturated heterocycles. The fourth-order valence-electron chi connectivity index (χ4n) is 9.89. The molecule has 0 aliphatic heterocycles. The zero-order chi connectivity index (χ0) is 59.9. The first-order valence-corrected chi connectivity index (χ1v) is 29.7. The summed E-state index contributed by atoms with van der Waals surface area (Å²) >= 11 is 0. The molecule has 0 amide bonds. The molecule has 0 atom stereocenters. The third kappa shape index (κ3) is 14.8. The molecular formula is C79H68N8. The van der Waals surface area contributed by atoms with E-state index in [-0.39, 0.29) is 5.92 Å². The molecule has 5 heterocycles. The lowest BCUT2D eigenvalue weighted by atomic mass is 9.96. The monoisotopic (exact) mass is 1130 g/mol. The first-order valence-electron chi connectivity index (χ1n) is 29.7. The molecule has 8 aromatic carbocycles. The van der Waals surface area contributed by atoms with Crippen LogP contribution in [0, 0.1) is 0 Å². The van der Waals surface area contributed by atoms with Gasteiger partial charge in [-0.3, -0.25) is 0 Å². The third-order valence-electron chi connectivity index (χ3n) is 14.7. The number of aromatic nitrogens is 8. The Kier molecular flexibility index (Phi) is 18.6. The second kappa shape index (κ2) is 27.8. The van der Waals surface area contributed by atoms with Crippen molar-refractivity contribution < 1.29 is 0 Å². The van der Waals surface area contributed by atoms with Gasteiger partial charge in [-0.15, -0.1) is 0 Å². The van der Waals surface area contributed by atoms with E-state index in [2.05, 4.69) is 220 Å². The van der Waals surface area contributed by atoms with Crippen LogP contribution in [0.4, 0.5) is 0 Å². The van der Waals surface area contributed by atoms with Gasteiger partial charge >= 0.3 is 0 Å². The molecule has 0 fully saturated rings. The van der Waals surface area contributed by atoms with E-state index in [0.29, 0.717) is 11.8 Å². The summed E-state index contributed by atoms with van der Waals surface area (Å²) in [6.45, 7) is 12.9. The van der Waals surface area contributed by atoms with Crippen molar-refractivity contribution in [1.29, 1.82) is 0 Å². The van der Waals surface area contributed by atoms with Crippen molar-refractivity contribution in [2.75, 3.05) is 0 Å². The Balaban J connectivity index is 0.000000154. The van der Waals surface area contributed by atoms with Crippen LogP contribution in [-0.2, 0) is 0 Å². The fraction of sp³-hybridized carbons (Fsp3) is 0.114. The average molecular weight is 1130 g/mol. The Hall–Kier alpha value is -10.7. The summed E-state index contributed by atoms with van der Waals surface area (Å²) in [5.41, 5.74) is 19.4. The van der Waals surface area contributed by atoms with E-state index in [4.69, 9.17) is 24.9 Å². The van der Waals surface area contributed by atoms with E-state index in [9.17, 15) is 0 Å². The third-order valence-corrected chi connectivity index (χ3v) is 14.7. The number of rotatable bonds is 13. The summed E-state index contributed by atoms with van der Waals surface area (Å²) in [6.07, 6.45) is 0. The highest BCUT2D eigenvalue weighted by Gasteiger charge is 2.18. The SMILES string of the molecule is CC(C)c1cc(-c2cc(-c3ccccc3)nc(-c3ccccc3)c2)nc(-c2cc(-c3ccccc3)nc(-c3ccccc3)c2)c1.CC(C)c1nc(-c2ccccc2)cc(-c2ccccc2)n1.CC(C)c1nc(-c2ccccc2)nc(-c2ccccc2)n1. The maximum atomic E-state index is 5.34. The van der Waals surface area contributed by atoms with Gasteiger partial charge in [-0.1, -0.05) is 284 Å². The number of benzene rings is 8. The highest BCUT2D eigenvalue weighted by atomic mass is 15.0. The maximum Gasteiger partial charge on any atom is 0.163 e. The Labute approximate surface area is 511 Å². The molecule has 0 saturated carbocycles. The smallest absolute Gasteiger partial charge is 0.163 e. The first-order chi connectivity index (χ1) is 42.6. The zero-order valence-corrected chi connectivity index (χ0v) is 49.9. The second-order valence-electron chi connectivity index (χ2n) is 22.2. The van der Waals surface area contributed by atoms with Gasteiger partial charge in [-0.25, -0.2) is 39.9 Å². The Morgan fingerprint density at radius 3 is 0.644 bits per heavy atom. The van der Waals surface area contributed by atoms with Gasteiger partial charge in [-0.05, 0) is 53.9 Å². The summed E-state index contributed by atoms with van der Waals surface area (Å²) in [5, 5.41) is 0. The molecule has 8 nitrogen and oxygen atoms in total. The topological polar surface area (TPSA) is 103 Å². The van der Waals surface area contributed by atoms with Crippen molar-refractivity contribution in [3.8, 4) is 113 Å². The van der Waals surface area contributed by atoms with Crippen molar-refractivity contribution in [2.45, 2.75) is 59.3 Å². The standard InChI is InChI=1S/C42H33N3.C19H18N2.C18H17N3/c1-29(2)34-23-41(35-25-37(30-15-7-3-8-16-30)43-38(26-35)31-17-9-4-10-18-31)45-42(24-34)36-27-39(32-19-11-5-12-20-32)44-40(28-36)33-21-13-6-14-22-33;1-14(2)19-20-17(15-9-5-3-6-10-15)13-18(21-19)16-11-7-4-8-12-16;1-13(2)16-19-17(14-9-5-3-6-10-14)21-18(20-16)15-11-7-4-8-12-15/h3-29H,1-2H3;3-14H,1-2H3;3-13H,1-2H3. The van der Waals surface area contributed by atoms with Crippen LogP contribution < -0.4 is 0 Å². The molecule has 0 spiro atoms. The maximum absolute atomic E-state index is 5.34. The molecule has 87 heavy (non-hydrogen) atoms. The van der Waals surface area contributed by atoms with Crippen molar-refractivity contribution in [3.63, 3.8) is 0 Å². The van der Waals surface area contributed by atoms with Gasteiger partial charge in [0.05, 0.1) is 45.6 Å². The van der Waals surface area contributed by atoms with Gasteiger partial charge in [-0.2, -0.15) is 0 Å². The van der Waals surface area contributed by atoms with Gasteiger partial charge in [0.15, 0.2) is 11.6 Å². The summed E-state index contributed by atoms with van der Waals surface area (Å²) in [4.78, 5) is 38.8. The molecule has 0 radical (unpaired) electrons. The molecule has 13 rings (SSSR count). The minimum absolute atomic E-state index is 0.262. The molecule has 5 aromatic heterocycles. The Morgan fingerprint density at radius 1 is 0.184 bits per heavy atom. The van der Waals surface area contributed by atoms with Gasteiger partial charge in [0.1, 0.15) is 11.6 Å². The fourth-order valence-corrected chi connectivity index (χ4v) is 9.89. The molecule has 0 N–H and O–H groups in total. The summed E-state index contributed by atoms with van der Waals surface area (Å²) in [6, 6.07) is 97.2. The van der Waals surface area contributed by atoms with Crippen LogP contribution in [0.3, 0.4) is 0 Å². The summed E-state index contributed by atoms with van der Waals surface area (Å²) in [7, 11) is 0. The van der Waals surface area contributed by atoms with Gasteiger partial charge < -0.3 is 0 Å². The van der Waals surface area contributed by atoms with Gasteiger partial charge in [0.25, 0.3) is 0 Å². The average Bonchev–Trinajstić information content (AvgIpc) is 1.99. The van der Waals surface area contributed by atoms with Crippen LogP contribution in [-0.4, -0.2) is 39.9 Å². The molecule has 8 heteroatoms. The van der Waals surface area contributed by atoms with Crippen LogP contribution in [0.15, 0.2) is 285 Å². The van der Waals surface area contributed by atoms with E-state index in [0.717, 1.165) is 124 Å². The van der Waals surface area contributed by atoms with E-state index in [1.54, 1.807) is 0 Å². The second-order valence-corrected chi connectivity index (χ2v) is 22.2. The van der Waals surface area contributed by atoms with Crippen LogP contribution >= 0.6 is 0 Å². The van der Waals surface area contributed by atoms with Crippen LogP contribution in [0.1, 0.15) is 76.5 Å². The van der Waals surface area contributed by atoms with Crippen molar-refractivity contribution >= 4 is 0 Å². The number of nitrogens with zero attached hydrogens (tertiary/aromatic N) is 8.